The molecule has 4 aromatic rings. The highest BCUT2D eigenvalue weighted by Gasteiger charge is 2.41. The minimum Gasteiger partial charge on any atom is -0.464 e. The van der Waals surface area contributed by atoms with Crippen molar-refractivity contribution in [2.75, 3.05) is 32.3 Å². The highest BCUT2D eigenvalue weighted by atomic mass is 32.2. The monoisotopic (exact) mass is 565 g/mol. The number of nitrogens with one attached hydrogen (secondary N) is 1. The first kappa shape index (κ1) is 26.9. The largest absolute Gasteiger partial charge is 0.464 e. The third-order valence-electron chi connectivity index (χ3n) is 6.65. The van der Waals surface area contributed by atoms with Crippen LogP contribution in [0.5, 0.6) is 0 Å². The molecule has 1 aliphatic heterocycles. The first-order valence-electron chi connectivity index (χ1n) is 12.2. The zero-order valence-corrected chi connectivity index (χ0v) is 23.3. The molecule has 0 saturated carbocycles. The van der Waals surface area contributed by atoms with Crippen LogP contribution in [0.2, 0.25) is 0 Å². The number of carbonyl (C=O) groups is 3. The number of benzene rings is 2. The normalized spacial score (nSPS) is 17.3. The van der Waals surface area contributed by atoms with Gasteiger partial charge in [0.05, 0.1) is 26.3 Å². The fourth-order valence-corrected chi connectivity index (χ4v) is 6.37. The van der Waals surface area contributed by atoms with Crippen LogP contribution in [0.25, 0.3) is 10.1 Å². The van der Waals surface area contributed by atoms with Gasteiger partial charge in [0.1, 0.15) is 0 Å². The number of fused-ring (bicyclic) bond motifs is 1. The van der Waals surface area contributed by atoms with Crippen LogP contribution in [0.4, 0.5) is 5.69 Å². The van der Waals surface area contributed by atoms with Crippen molar-refractivity contribution in [2.45, 2.75) is 29.9 Å². The molecule has 2 aromatic heterocycles. The van der Waals surface area contributed by atoms with Gasteiger partial charge in [0, 0.05) is 33.2 Å². The van der Waals surface area contributed by atoms with Gasteiger partial charge in [-0.3, -0.25) is 9.69 Å². The first-order valence-corrected chi connectivity index (χ1v) is 14.2. The van der Waals surface area contributed by atoms with E-state index in [1.54, 1.807) is 23.1 Å². The predicted molar refractivity (Wildman–Crippen MR) is 149 cm³/mol. The van der Waals surface area contributed by atoms with Gasteiger partial charge in [0.2, 0.25) is 11.6 Å². The summed E-state index contributed by atoms with van der Waals surface area (Å²) in [6, 6.07) is 17.0. The van der Waals surface area contributed by atoms with Gasteiger partial charge in [-0.15, -0.1) is 28.2 Å². The molecule has 2 atom stereocenters. The molecule has 202 valence electrons. The van der Waals surface area contributed by atoms with E-state index < -0.39 is 24.0 Å². The number of hydrogen-bond acceptors (Lipinski definition) is 10. The van der Waals surface area contributed by atoms with E-state index in [0.29, 0.717) is 25.2 Å². The zero-order chi connectivity index (χ0) is 27.5. The highest BCUT2D eigenvalue weighted by Crippen LogP contribution is 2.34. The minimum absolute atomic E-state index is 0.0927. The maximum absolute atomic E-state index is 13.6. The number of thioether (sulfide) groups is 1. The number of carbonyl (C=O) groups excluding carboxylic acids is 3. The number of likely N-dealkylation sites (tertiary alicyclic amines) is 1. The molecule has 1 N–H and O–H groups in total. The lowest BCUT2D eigenvalue weighted by Crippen LogP contribution is -2.39. The fourth-order valence-electron chi connectivity index (χ4n) is 4.82. The molecule has 1 fully saturated rings. The molecule has 1 amide bonds. The summed E-state index contributed by atoms with van der Waals surface area (Å²) >= 11 is 3.28. The van der Waals surface area contributed by atoms with Crippen LogP contribution in [-0.2, 0) is 20.8 Å². The molecule has 3 heterocycles. The van der Waals surface area contributed by atoms with Crippen molar-refractivity contribution in [3.63, 3.8) is 0 Å². The van der Waals surface area contributed by atoms with Gasteiger partial charge in [0.25, 0.3) is 0 Å². The molecule has 12 heteroatoms. The number of methoxy groups -OCH3 is 2. The van der Waals surface area contributed by atoms with Crippen LogP contribution in [-0.4, -0.2) is 70.8 Å². The van der Waals surface area contributed by atoms with Gasteiger partial charge in [-0.1, -0.05) is 29.5 Å². The molecular weight excluding hydrogens is 538 g/mol. The SMILES string of the molecule is COC(=O)c1nnn([C@H]2C[C@@H](C(=O)Nc3cccc(SC)c3)N(Cc3cc4ccccc4s3)C2)c1C(=O)OC. The highest BCUT2D eigenvalue weighted by molar-refractivity contribution is 7.98. The Hall–Kier alpha value is -3.74. The Morgan fingerprint density at radius 1 is 1.08 bits per heavy atom. The van der Waals surface area contributed by atoms with E-state index in [4.69, 9.17) is 9.47 Å². The molecule has 39 heavy (non-hydrogen) atoms. The molecule has 1 aliphatic rings. The Bertz CT molecular complexity index is 1500. The average Bonchev–Trinajstić information content (AvgIpc) is 3.68. The van der Waals surface area contributed by atoms with Crippen LogP contribution in [0.15, 0.2) is 59.5 Å². The number of nitrogens with zero attached hydrogens (tertiary/aromatic N) is 4. The van der Waals surface area contributed by atoms with Gasteiger partial charge in [-0.05, 0) is 48.4 Å². The molecule has 10 nitrogen and oxygen atoms in total. The van der Waals surface area contributed by atoms with E-state index in [1.165, 1.54) is 23.6 Å². The lowest BCUT2D eigenvalue weighted by molar-refractivity contribution is -0.120. The summed E-state index contributed by atoms with van der Waals surface area (Å²) in [5, 5.41) is 12.2. The van der Waals surface area contributed by atoms with Crippen LogP contribution in [0.1, 0.15) is 38.3 Å². The average molecular weight is 566 g/mol. The maximum atomic E-state index is 13.6. The third kappa shape index (κ3) is 5.54. The Labute approximate surface area is 233 Å². The summed E-state index contributed by atoms with van der Waals surface area (Å²) in [7, 11) is 2.43. The number of ether oxygens (including phenoxy) is 2. The number of esters is 2. The van der Waals surface area contributed by atoms with Crippen LogP contribution < -0.4 is 5.32 Å². The smallest absolute Gasteiger partial charge is 0.361 e. The Kier molecular flexibility index (Phi) is 7.96. The number of aromatic nitrogens is 3. The molecule has 2 aromatic carbocycles. The Morgan fingerprint density at radius 3 is 2.62 bits per heavy atom. The van der Waals surface area contributed by atoms with Gasteiger partial charge in [0.15, 0.2) is 5.69 Å². The lowest BCUT2D eigenvalue weighted by Gasteiger charge is -2.23. The molecule has 0 radical (unpaired) electrons. The molecule has 0 aliphatic carbocycles. The summed E-state index contributed by atoms with van der Waals surface area (Å²) in [6.45, 7) is 0.941. The van der Waals surface area contributed by atoms with Crippen LogP contribution in [0.3, 0.4) is 0 Å². The van der Waals surface area contributed by atoms with E-state index in [0.717, 1.165) is 15.2 Å². The summed E-state index contributed by atoms with van der Waals surface area (Å²) < 4.78 is 12.3. The van der Waals surface area contributed by atoms with Crippen LogP contribution >= 0.6 is 23.1 Å². The second-order valence-electron chi connectivity index (χ2n) is 9.02. The summed E-state index contributed by atoms with van der Waals surface area (Å²) in [4.78, 5) is 42.8. The van der Waals surface area contributed by atoms with Crippen molar-refractivity contribution in [1.29, 1.82) is 0 Å². The van der Waals surface area contributed by atoms with Gasteiger partial charge in [-0.25, -0.2) is 14.3 Å². The van der Waals surface area contributed by atoms with Crippen molar-refractivity contribution in [2.24, 2.45) is 0 Å². The summed E-state index contributed by atoms with van der Waals surface area (Å²) in [5.41, 5.74) is 0.396. The minimum atomic E-state index is -0.787. The molecule has 0 unspecified atom stereocenters. The topological polar surface area (TPSA) is 116 Å². The summed E-state index contributed by atoms with van der Waals surface area (Å²) in [6.07, 6.45) is 2.34. The van der Waals surface area contributed by atoms with E-state index in [-0.39, 0.29) is 17.3 Å². The number of amides is 1. The van der Waals surface area contributed by atoms with Gasteiger partial charge in [-0.2, -0.15) is 0 Å². The van der Waals surface area contributed by atoms with E-state index >= 15 is 0 Å². The zero-order valence-electron chi connectivity index (χ0n) is 21.6. The van der Waals surface area contributed by atoms with Gasteiger partial charge < -0.3 is 14.8 Å². The Balaban J connectivity index is 1.47. The van der Waals surface area contributed by atoms with Crippen LogP contribution in [0, 0.1) is 0 Å². The van der Waals surface area contributed by atoms with E-state index in [9.17, 15) is 14.4 Å². The fraction of sp³-hybridized carbons (Fsp3) is 0.296. The van der Waals surface area contributed by atoms with Gasteiger partial charge >= 0.3 is 11.9 Å². The third-order valence-corrected chi connectivity index (χ3v) is 8.48. The van der Waals surface area contributed by atoms with Crippen molar-refractivity contribution < 1.29 is 23.9 Å². The quantitative estimate of drug-likeness (QED) is 0.247. The van der Waals surface area contributed by atoms with E-state index in [2.05, 4.69) is 38.7 Å². The Morgan fingerprint density at radius 2 is 1.87 bits per heavy atom. The molecule has 0 spiro atoms. The predicted octanol–water partition coefficient (Wildman–Crippen LogP) is 4.24. The second kappa shape index (κ2) is 11.6. The first-order chi connectivity index (χ1) is 18.9. The van der Waals surface area contributed by atoms with Crippen molar-refractivity contribution in [1.82, 2.24) is 19.9 Å². The lowest BCUT2D eigenvalue weighted by atomic mass is 10.1. The molecular formula is C27H27N5O5S2. The number of hydrogen-bond donors (Lipinski definition) is 1. The molecule has 1 saturated heterocycles. The van der Waals surface area contributed by atoms with E-state index in [1.807, 2.05) is 42.7 Å². The summed E-state index contributed by atoms with van der Waals surface area (Å²) in [5.74, 6) is -1.70. The number of anilines is 1. The standard InChI is InChI=1S/C27H27N5O5S2/c1-36-26(34)23-24(27(35)37-2)32(30-29-23)18-13-21(25(33)28-17-8-6-9-19(12-17)38-3)31(14-18)15-20-11-16-7-4-5-10-22(16)39-20/h4-12,18,21H,13-15H2,1-3H3,(H,28,33)/t18-,21-/m0/s1. The van der Waals surface area contributed by atoms with Crippen molar-refractivity contribution in [3.05, 3.63) is 70.9 Å². The maximum Gasteiger partial charge on any atom is 0.361 e. The number of rotatable bonds is 8. The van der Waals surface area contributed by atoms with Crippen molar-refractivity contribution >= 4 is 56.7 Å². The second-order valence-corrected chi connectivity index (χ2v) is 11.1. The van der Waals surface area contributed by atoms with Crippen molar-refractivity contribution in [3.8, 4) is 0 Å². The molecule has 0 bridgehead atoms. The number of thiophene rings is 1. The molecule has 5 rings (SSSR count).